The molecule has 1 aromatic heterocycles. The maximum absolute atomic E-state index is 13.5. The van der Waals surface area contributed by atoms with Crippen LogP contribution in [0.3, 0.4) is 0 Å². The number of halogens is 1. The SMILES string of the molecule is CC1(C)C(NC(=O)c2ccc(N3CCN(CCCC4CCN(C(=O)COc5ccc6nnn(C7CCC(=O)NC7=O)c(=O)c6c5)CC4)CC3)cc2)C(C)(C)C1Oc1ccc(C#N)c(Cl)c1. The third kappa shape index (κ3) is 9.67. The number of carbonyl (C=O) groups is 4. The normalized spacial score (nSPS) is 22.1. The molecule has 342 valence electrons. The molecule has 0 spiro atoms. The highest BCUT2D eigenvalue weighted by molar-refractivity contribution is 6.31. The number of piperidine rings is 2. The third-order valence-corrected chi connectivity index (χ3v) is 14.2. The largest absolute Gasteiger partial charge is 0.489 e. The van der Waals surface area contributed by atoms with Gasteiger partial charge >= 0.3 is 0 Å². The number of nitrogens with zero attached hydrogens (tertiary/aromatic N) is 7. The number of nitriles is 1. The molecule has 3 saturated heterocycles. The van der Waals surface area contributed by atoms with Crippen molar-refractivity contribution in [3.63, 3.8) is 0 Å². The Hall–Kier alpha value is -6.05. The van der Waals surface area contributed by atoms with Crippen LogP contribution in [0.2, 0.25) is 5.02 Å². The number of nitrogens with one attached hydrogen (secondary N) is 2. The molecule has 3 aliphatic heterocycles. The number of ether oxygens (including phenoxy) is 2. The van der Waals surface area contributed by atoms with Crippen LogP contribution >= 0.6 is 11.6 Å². The van der Waals surface area contributed by atoms with Crippen molar-refractivity contribution in [3.05, 3.63) is 87.2 Å². The maximum Gasteiger partial charge on any atom is 0.278 e. The minimum atomic E-state index is -0.926. The zero-order valence-electron chi connectivity index (χ0n) is 37.3. The second-order valence-electron chi connectivity index (χ2n) is 18.9. The van der Waals surface area contributed by atoms with Crippen molar-refractivity contribution < 1.29 is 28.7 Å². The summed E-state index contributed by atoms with van der Waals surface area (Å²) in [5.74, 6) is 0.305. The summed E-state index contributed by atoms with van der Waals surface area (Å²) >= 11 is 6.26. The molecule has 0 bridgehead atoms. The van der Waals surface area contributed by atoms with E-state index in [1.807, 2.05) is 29.2 Å². The lowest BCUT2D eigenvalue weighted by atomic mass is 9.49. The lowest BCUT2D eigenvalue weighted by molar-refractivity contribution is -0.164. The predicted octanol–water partition coefficient (Wildman–Crippen LogP) is 5.13. The molecule has 4 aliphatic rings. The van der Waals surface area contributed by atoms with Crippen LogP contribution in [0, 0.1) is 28.1 Å². The first-order valence-electron chi connectivity index (χ1n) is 22.5. The smallest absolute Gasteiger partial charge is 0.278 e. The first kappa shape index (κ1) is 45.5. The summed E-state index contributed by atoms with van der Waals surface area (Å²) in [7, 11) is 0. The van der Waals surface area contributed by atoms with E-state index in [1.165, 1.54) is 6.07 Å². The second-order valence-corrected chi connectivity index (χ2v) is 19.3. The predicted molar refractivity (Wildman–Crippen MR) is 244 cm³/mol. The molecule has 4 amide bonds. The molecule has 1 atom stereocenters. The molecule has 16 nitrogen and oxygen atoms in total. The van der Waals surface area contributed by atoms with Crippen molar-refractivity contribution in [2.24, 2.45) is 16.7 Å². The highest BCUT2D eigenvalue weighted by Crippen LogP contribution is 2.55. The van der Waals surface area contributed by atoms with Crippen LogP contribution in [0.1, 0.15) is 88.2 Å². The van der Waals surface area contributed by atoms with Crippen LogP contribution in [-0.4, -0.2) is 113 Å². The third-order valence-electron chi connectivity index (χ3n) is 13.9. The van der Waals surface area contributed by atoms with Crippen molar-refractivity contribution in [3.8, 4) is 17.6 Å². The molecule has 1 unspecified atom stereocenters. The summed E-state index contributed by atoms with van der Waals surface area (Å²) in [6.45, 7) is 14.4. The molecule has 1 saturated carbocycles. The number of amides is 4. The molecule has 3 aromatic carbocycles. The van der Waals surface area contributed by atoms with E-state index in [0.717, 1.165) is 68.8 Å². The zero-order chi connectivity index (χ0) is 46.0. The van der Waals surface area contributed by atoms with E-state index in [9.17, 15) is 29.2 Å². The number of piperazine rings is 1. The molecule has 8 rings (SSSR count). The first-order chi connectivity index (χ1) is 31.1. The number of anilines is 1. The van der Waals surface area contributed by atoms with Crippen molar-refractivity contribution in [1.29, 1.82) is 5.26 Å². The monoisotopic (exact) mass is 905 g/mol. The number of rotatable bonds is 13. The minimum Gasteiger partial charge on any atom is -0.489 e. The van der Waals surface area contributed by atoms with Gasteiger partial charge in [-0.15, -0.1) is 5.10 Å². The highest BCUT2D eigenvalue weighted by Gasteiger charge is 2.64. The van der Waals surface area contributed by atoms with Gasteiger partial charge in [0.15, 0.2) is 6.61 Å². The molecule has 65 heavy (non-hydrogen) atoms. The Morgan fingerprint density at radius 1 is 0.908 bits per heavy atom. The maximum atomic E-state index is 13.5. The number of aromatic nitrogens is 3. The van der Waals surface area contributed by atoms with E-state index >= 15 is 0 Å². The first-order valence-corrected chi connectivity index (χ1v) is 22.9. The lowest BCUT2D eigenvalue weighted by Crippen LogP contribution is -2.74. The van der Waals surface area contributed by atoms with Crippen LogP contribution < -0.4 is 30.6 Å². The Bertz CT molecular complexity index is 2540. The molecule has 1 aliphatic carbocycles. The standard InChI is InChI=1S/C48H56ClN9O7/c1-47(2)45(48(3,4)46(47)65-35-12-9-32(28-50)37(49)27-35)52-42(61)31-7-10-33(11-8-31)56-24-22-55(23-25-56)19-5-6-30-17-20-57(21-18-30)41(60)29-64-34-13-14-38-36(26-34)44(63)58(54-53-38)39-15-16-40(59)51-43(39)62/h7-14,26-27,30,39,45-46H,5-6,15-25,29H2,1-4H3,(H,52,61)(H,51,59,62). The van der Waals surface area contributed by atoms with Gasteiger partial charge in [-0.05, 0) is 99.2 Å². The van der Waals surface area contributed by atoms with E-state index < -0.39 is 17.5 Å². The van der Waals surface area contributed by atoms with Gasteiger partial charge in [0.25, 0.3) is 23.3 Å². The van der Waals surface area contributed by atoms with Gasteiger partial charge in [-0.1, -0.05) is 44.5 Å². The van der Waals surface area contributed by atoms with Crippen molar-refractivity contribution in [1.82, 2.24) is 35.4 Å². The number of benzene rings is 3. The lowest BCUT2D eigenvalue weighted by Gasteiger charge is -2.63. The summed E-state index contributed by atoms with van der Waals surface area (Å²) in [5.41, 5.74) is 1.23. The Morgan fingerprint density at radius 2 is 1.62 bits per heavy atom. The van der Waals surface area contributed by atoms with Gasteiger partial charge < -0.3 is 24.6 Å². The topological polar surface area (TPSA) is 192 Å². The fourth-order valence-corrected chi connectivity index (χ4v) is 10.6. The summed E-state index contributed by atoms with van der Waals surface area (Å²) in [5, 5.41) is 23.3. The van der Waals surface area contributed by atoms with Crippen LogP contribution in [-0.2, 0) is 14.4 Å². The number of likely N-dealkylation sites (tertiary alicyclic amines) is 1. The van der Waals surface area contributed by atoms with E-state index in [1.54, 1.807) is 30.3 Å². The summed E-state index contributed by atoms with van der Waals surface area (Å²) < 4.78 is 13.2. The minimum absolute atomic E-state index is 0.105. The van der Waals surface area contributed by atoms with Crippen LogP contribution in [0.4, 0.5) is 5.69 Å². The molecule has 4 aromatic rings. The van der Waals surface area contributed by atoms with Gasteiger partial charge in [-0.2, -0.15) is 9.94 Å². The van der Waals surface area contributed by atoms with Gasteiger partial charge in [0.1, 0.15) is 35.2 Å². The fourth-order valence-electron chi connectivity index (χ4n) is 10.4. The molecule has 4 heterocycles. The highest BCUT2D eigenvalue weighted by atomic mass is 35.5. The van der Waals surface area contributed by atoms with Gasteiger partial charge in [0, 0.05) is 79.9 Å². The summed E-state index contributed by atoms with van der Waals surface area (Å²) in [6.07, 6.45) is 4.20. The Kier molecular flexibility index (Phi) is 13.2. The average Bonchev–Trinajstić information content (AvgIpc) is 3.30. The van der Waals surface area contributed by atoms with Crippen LogP contribution in [0.5, 0.6) is 11.5 Å². The van der Waals surface area contributed by atoms with Gasteiger partial charge in [0.2, 0.25) is 5.91 Å². The Morgan fingerprint density at radius 3 is 2.29 bits per heavy atom. The van der Waals surface area contributed by atoms with E-state index in [0.29, 0.717) is 52.2 Å². The van der Waals surface area contributed by atoms with Crippen molar-refractivity contribution in [2.75, 3.05) is 57.3 Å². The Balaban J connectivity index is 0.728. The number of hydrogen-bond acceptors (Lipinski definition) is 12. The second kappa shape index (κ2) is 18.8. The van der Waals surface area contributed by atoms with Crippen molar-refractivity contribution in [2.45, 2.75) is 84.4 Å². The van der Waals surface area contributed by atoms with Gasteiger partial charge in [-0.3, -0.25) is 34.2 Å². The summed E-state index contributed by atoms with van der Waals surface area (Å²) in [6, 6.07) is 18.7. The van der Waals surface area contributed by atoms with E-state index in [2.05, 4.69) is 64.5 Å². The molecule has 2 N–H and O–H groups in total. The number of carbonyl (C=O) groups excluding carboxylic acids is 4. The van der Waals surface area contributed by atoms with Gasteiger partial charge in [-0.25, -0.2) is 0 Å². The number of hydrogen-bond donors (Lipinski definition) is 2. The van der Waals surface area contributed by atoms with E-state index in [-0.39, 0.29) is 65.5 Å². The number of fused-ring (bicyclic) bond motifs is 1. The van der Waals surface area contributed by atoms with Crippen LogP contribution in [0.15, 0.2) is 65.5 Å². The number of imide groups is 1. The summed E-state index contributed by atoms with van der Waals surface area (Å²) in [4.78, 5) is 70.5. The molecular weight excluding hydrogens is 850 g/mol. The fraction of sp³-hybridized carbons (Fsp3) is 0.500. The molecule has 17 heteroatoms. The molecule has 0 radical (unpaired) electrons. The zero-order valence-corrected chi connectivity index (χ0v) is 38.1. The molecular formula is C48H56ClN9O7. The average molecular weight is 906 g/mol. The molecule has 4 fully saturated rings. The van der Waals surface area contributed by atoms with E-state index in [4.69, 9.17) is 21.1 Å². The van der Waals surface area contributed by atoms with Crippen LogP contribution in [0.25, 0.3) is 10.9 Å². The quantitative estimate of drug-likeness (QED) is 0.169. The van der Waals surface area contributed by atoms with Gasteiger partial charge in [0.05, 0.1) is 16.0 Å². The Labute approximate surface area is 383 Å². The van der Waals surface area contributed by atoms with Crippen molar-refractivity contribution >= 4 is 51.8 Å².